The smallest absolute Gasteiger partial charge is 0.369 e. The van der Waals surface area contributed by atoms with Gasteiger partial charge in [0.05, 0.1) is 16.9 Å². The largest absolute Gasteiger partial charge is 0.418 e. The van der Waals surface area contributed by atoms with Crippen LogP contribution < -0.4 is 5.32 Å². The third-order valence-corrected chi connectivity index (χ3v) is 5.46. The minimum Gasteiger partial charge on any atom is -0.369 e. The van der Waals surface area contributed by atoms with E-state index in [0.717, 1.165) is 68.6 Å². The molecule has 0 saturated carbocycles. The first kappa shape index (κ1) is 17.4. The van der Waals surface area contributed by atoms with Crippen molar-refractivity contribution < 1.29 is 13.2 Å². The number of likely N-dealkylation sites (N-methyl/N-ethyl adjacent to an activating group) is 1. The van der Waals surface area contributed by atoms with Crippen molar-refractivity contribution in [1.82, 2.24) is 14.7 Å². The van der Waals surface area contributed by atoms with Gasteiger partial charge in [0.25, 0.3) is 0 Å². The predicted octanol–water partition coefficient (Wildman–Crippen LogP) is 4.06. The Hall–Kier alpha value is -2.02. The van der Waals surface area contributed by atoms with Crippen molar-refractivity contribution >= 4 is 5.82 Å². The number of hydrogen-bond acceptors (Lipinski definition) is 3. The molecule has 2 aliphatic rings. The molecule has 1 N–H and O–H groups in total. The highest BCUT2D eigenvalue weighted by atomic mass is 19.4. The van der Waals surface area contributed by atoms with E-state index in [4.69, 9.17) is 5.10 Å². The van der Waals surface area contributed by atoms with Gasteiger partial charge >= 0.3 is 6.18 Å². The Morgan fingerprint density at radius 1 is 1.27 bits per heavy atom. The molecule has 3 heterocycles. The van der Waals surface area contributed by atoms with Crippen molar-refractivity contribution in [2.45, 2.75) is 38.3 Å². The van der Waals surface area contributed by atoms with E-state index >= 15 is 0 Å². The molecule has 140 valence electrons. The molecule has 0 amide bonds. The average molecular weight is 364 g/mol. The van der Waals surface area contributed by atoms with Crippen molar-refractivity contribution in [2.75, 3.05) is 31.5 Å². The third-order valence-electron chi connectivity index (χ3n) is 5.46. The van der Waals surface area contributed by atoms with E-state index in [1.165, 1.54) is 16.8 Å². The Morgan fingerprint density at radius 3 is 2.85 bits per heavy atom. The first-order chi connectivity index (χ1) is 12.5. The maximum Gasteiger partial charge on any atom is 0.418 e. The maximum absolute atomic E-state index is 13.5. The maximum atomic E-state index is 13.5. The second-order valence-corrected chi connectivity index (χ2v) is 7.05. The number of hydrogen-bond donors (Lipinski definition) is 1. The molecule has 26 heavy (non-hydrogen) atoms. The Balaban J connectivity index is 1.79. The fourth-order valence-corrected chi connectivity index (χ4v) is 4.17. The molecule has 1 aromatic heterocycles. The summed E-state index contributed by atoms with van der Waals surface area (Å²) in [6, 6.07) is 5.67. The Morgan fingerprint density at radius 2 is 2.08 bits per heavy atom. The van der Waals surface area contributed by atoms with Crippen molar-refractivity contribution in [3.8, 4) is 5.69 Å². The van der Waals surface area contributed by atoms with Gasteiger partial charge in [0.2, 0.25) is 0 Å². The highest BCUT2D eigenvalue weighted by molar-refractivity contribution is 5.59. The summed E-state index contributed by atoms with van der Waals surface area (Å²) in [5, 5.41) is 7.95. The molecule has 1 atom stereocenters. The second kappa shape index (κ2) is 6.61. The standard InChI is InChI=1S/C19H23F3N4/c1-2-25-11-5-6-13(12-25)17-14-9-10-23-18(14)26(24-17)16-8-4-3-7-15(16)19(20,21)22/h3-4,7-8,13,23H,2,5-6,9-12H2,1H3. The fourth-order valence-electron chi connectivity index (χ4n) is 4.17. The van der Waals surface area contributed by atoms with Crippen LogP contribution in [0.25, 0.3) is 5.69 Å². The zero-order valence-electron chi connectivity index (χ0n) is 14.8. The van der Waals surface area contributed by atoms with E-state index in [1.807, 2.05) is 0 Å². The van der Waals surface area contributed by atoms with Crippen LogP contribution in [0.15, 0.2) is 24.3 Å². The van der Waals surface area contributed by atoms with Gasteiger partial charge in [-0.25, -0.2) is 4.68 Å². The summed E-state index contributed by atoms with van der Waals surface area (Å²) in [5.74, 6) is 1.02. The molecular formula is C19H23F3N4. The SMILES string of the molecule is CCN1CCCC(c2nn(-c3ccccc3C(F)(F)F)c3c2CCN3)C1. The number of likely N-dealkylation sites (tertiary alicyclic amines) is 1. The van der Waals surface area contributed by atoms with Gasteiger partial charge in [-0.1, -0.05) is 19.1 Å². The number of nitrogens with zero attached hydrogens (tertiary/aromatic N) is 3. The molecule has 1 fully saturated rings. The molecule has 0 spiro atoms. The van der Waals surface area contributed by atoms with Gasteiger partial charge in [0.15, 0.2) is 0 Å². The van der Waals surface area contributed by atoms with Crippen LogP contribution >= 0.6 is 0 Å². The summed E-state index contributed by atoms with van der Waals surface area (Å²) in [4.78, 5) is 2.39. The van der Waals surface area contributed by atoms with Gasteiger partial charge in [-0.2, -0.15) is 18.3 Å². The minimum absolute atomic E-state index is 0.0973. The van der Waals surface area contributed by atoms with Crippen LogP contribution in [0.1, 0.15) is 42.5 Å². The van der Waals surface area contributed by atoms with E-state index in [2.05, 4.69) is 17.1 Å². The van der Waals surface area contributed by atoms with Crippen LogP contribution in [0.5, 0.6) is 0 Å². The second-order valence-electron chi connectivity index (χ2n) is 7.05. The van der Waals surface area contributed by atoms with Crippen molar-refractivity contribution in [1.29, 1.82) is 0 Å². The minimum atomic E-state index is -4.40. The van der Waals surface area contributed by atoms with Gasteiger partial charge in [-0.3, -0.25) is 0 Å². The average Bonchev–Trinajstić information content (AvgIpc) is 3.23. The number of fused-ring (bicyclic) bond motifs is 1. The zero-order chi connectivity index (χ0) is 18.3. The normalized spacial score (nSPS) is 20.8. The van der Waals surface area contributed by atoms with E-state index in [1.54, 1.807) is 6.07 Å². The Kier molecular flexibility index (Phi) is 4.42. The van der Waals surface area contributed by atoms with Crippen LogP contribution in [0, 0.1) is 0 Å². The summed E-state index contributed by atoms with van der Waals surface area (Å²) in [5.41, 5.74) is 1.51. The Labute approximate surface area is 151 Å². The molecule has 1 aromatic carbocycles. The molecule has 4 rings (SSSR count). The van der Waals surface area contributed by atoms with Crippen molar-refractivity contribution in [3.63, 3.8) is 0 Å². The highest BCUT2D eigenvalue weighted by Crippen LogP contribution is 2.39. The van der Waals surface area contributed by atoms with E-state index in [0.29, 0.717) is 0 Å². The first-order valence-corrected chi connectivity index (χ1v) is 9.23. The number of benzene rings is 1. The van der Waals surface area contributed by atoms with Gasteiger partial charge in [-0.05, 0) is 44.5 Å². The molecule has 1 unspecified atom stereocenters. The molecule has 2 aliphatic heterocycles. The summed E-state index contributed by atoms with van der Waals surface area (Å²) >= 11 is 0. The highest BCUT2D eigenvalue weighted by Gasteiger charge is 2.36. The number of piperidine rings is 1. The van der Waals surface area contributed by atoms with Gasteiger partial charge in [0, 0.05) is 24.6 Å². The van der Waals surface area contributed by atoms with Crippen molar-refractivity contribution in [3.05, 3.63) is 41.1 Å². The summed E-state index contributed by atoms with van der Waals surface area (Å²) in [6.45, 7) is 5.91. The quantitative estimate of drug-likeness (QED) is 0.892. The molecular weight excluding hydrogens is 341 g/mol. The number of para-hydroxylation sites is 1. The van der Waals surface area contributed by atoms with Crippen LogP contribution in [0.3, 0.4) is 0 Å². The molecule has 7 heteroatoms. The van der Waals surface area contributed by atoms with Crippen LogP contribution in [0.2, 0.25) is 0 Å². The van der Waals surface area contributed by atoms with Gasteiger partial charge in [-0.15, -0.1) is 0 Å². The number of rotatable bonds is 3. The number of halogens is 3. The molecule has 2 aromatic rings. The van der Waals surface area contributed by atoms with Crippen molar-refractivity contribution in [2.24, 2.45) is 0 Å². The molecule has 0 bridgehead atoms. The summed E-state index contributed by atoms with van der Waals surface area (Å²) < 4.78 is 41.9. The lowest BCUT2D eigenvalue weighted by atomic mass is 9.92. The lowest BCUT2D eigenvalue weighted by Gasteiger charge is -2.31. The topological polar surface area (TPSA) is 33.1 Å². The Bertz CT molecular complexity index is 797. The van der Waals surface area contributed by atoms with E-state index in [-0.39, 0.29) is 11.6 Å². The zero-order valence-corrected chi connectivity index (χ0v) is 14.8. The van der Waals surface area contributed by atoms with Crippen LogP contribution in [0.4, 0.5) is 19.0 Å². The number of aromatic nitrogens is 2. The van der Waals surface area contributed by atoms with Gasteiger partial charge < -0.3 is 10.2 Å². The number of anilines is 1. The molecule has 0 radical (unpaired) electrons. The predicted molar refractivity (Wildman–Crippen MR) is 94.8 cm³/mol. The van der Waals surface area contributed by atoms with Gasteiger partial charge in [0.1, 0.15) is 5.82 Å². The molecule has 1 saturated heterocycles. The number of alkyl halides is 3. The van der Waals surface area contributed by atoms with E-state index < -0.39 is 11.7 Å². The summed E-state index contributed by atoms with van der Waals surface area (Å²) in [7, 11) is 0. The monoisotopic (exact) mass is 364 g/mol. The van der Waals surface area contributed by atoms with E-state index in [9.17, 15) is 13.2 Å². The fraction of sp³-hybridized carbons (Fsp3) is 0.526. The lowest BCUT2D eigenvalue weighted by molar-refractivity contribution is -0.137. The summed E-state index contributed by atoms with van der Waals surface area (Å²) in [6.07, 6.45) is -1.44. The van der Waals surface area contributed by atoms with Crippen LogP contribution in [-0.4, -0.2) is 40.9 Å². The molecule has 4 nitrogen and oxygen atoms in total. The first-order valence-electron chi connectivity index (χ1n) is 9.23. The lowest BCUT2D eigenvalue weighted by Crippen LogP contribution is -2.34. The third kappa shape index (κ3) is 2.98. The van der Waals surface area contributed by atoms with Crippen LogP contribution in [-0.2, 0) is 12.6 Å². The number of nitrogens with one attached hydrogen (secondary N) is 1. The molecule has 0 aliphatic carbocycles.